The molecule has 0 unspecified atom stereocenters. The van der Waals surface area contributed by atoms with Crippen molar-refractivity contribution in [3.8, 4) is 0 Å². The van der Waals surface area contributed by atoms with Crippen LogP contribution >= 0.6 is 11.8 Å². The van der Waals surface area contributed by atoms with E-state index in [0.717, 1.165) is 11.8 Å². The molecule has 12 nitrogen and oxygen atoms in total. The number of hydrogen-bond donors (Lipinski definition) is 4. The van der Waals surface area contributed by atoms with Crippen LogP contribution in [-0.2, 0) is 19.2 Å². The largest absolute Gasteiger partial charge is 0.387 e. The SMILES string of the molecule is Nc1ncnc2c1c(Sc1ccc(F)cc1)nn2[C@@H]1O[C@H](COS(N)(=O)=O)[C@@H](O)[C@H]1O. The molecule has 3 aromatic rings. The van der Waals surface area contributed by atoms with Gasteiger partial charge in [-0.05, 0) is 24.3 Å². The zero-order valence-electron chi connectivity index (χ0n) is 15.6. The van der Waals surface area contributed by atoms with Crippen LogP contribution in [0.4, 0.5) is 10.2 Å². The van der Waals surface area contributed by atoms with Gasteiger partial charge in [0, 0.05) is 4.90 Å². The van der Waals surface area contributed by atoms with E-state index in [2.05, 4.69) is 19.2 Å². The number of aliphatic hydroxyl groups is 2. The Morgan fingerprint density at radius 1 is 1.23 bits per heavy atom. The van der Waals surface area contributed by atoms with E-state index in [0.29, 0.717) is 15.3 Å². The number of benzene rings is 1. The molecule has 4 rings (SSSR count). The van der Waals surface area contributed by atoms with Crippen LogP contribution in [0.2, 0.25) is 0 Å². The van der Waals surface area contributed by atoms with Gasteiger partial charge in [-0.2, -0.15) is 13.5 Å². The summed E-state index contributed by atoms with van der Waals surface area (Å²) in [4.78, 5) is 8.76. The summed E-state index contributed by atoms with van der Waals surface area (Å²) >= 11 is 1.16. The number of halogens is 1. The number of hydrogen-bond acceptors (Lipinski definition) is 11. The zero-order valence-corrected chi connectivity index (χ0v) is 17.2. The van der Waals surface area contributed by atoms with Crippen molar-refractivity contribution < 1.29 is 31.9 Å². The van der Waals surface area contributed by atoms with E-state index in [1.807, 2.05) is 0 Å². The molecule has 0 saturated carbocycles. The van der Waals surface area contributed by atoms with Crippen LogP contribution in [0, 0.1) is 5.82 Å². The lowest BCUT2D eigenvalue weighted by Crippen LogP contribution is -2.35. The Bertz CT molecular complexity index is 1210. The minimum atomic E-state index is -4.27. The number of nitrogens with zero attached hydrogens (tertiary/aromatic N) is 4. The molecule has 1 aromatic carbocycles. The normalized spacial score (nSPS) is 24.1. The molecule has 6 N–H and O–H groups in total. The molecule has 0 spiro atoms. The van der Waals surface area contributed by atoms with Crippen LogP contribution in [-0.4, -0.2) is 63.3 Å². The molecule has 166 valence electrons. The molecule has 0 bridgehead atoms. The Hall–Kier alpha value is -2.40. The van der Waals surface area contributed by atoms with Crippen molar-refractivity contribution in [1.29, 1.82) is 0 Å². The van der Waals surface area contributed by atoms with Crippen molar-refractivity contribution in [2.45, 2.75) is 34.5 Å². The van der Waals surface area contributed by atoms with Crippen molar-refractivity contribution in [3.05, 3.63) is 36.4 Å². The van der Waals surface area contributed by atoms with E-state index in [4.69, 9.17) is 15.6 Å². The van der Waals surface area contributed by atoms with E-state index < -0.39 is 47.3 Å². The summed E-state index contributed by atoms with van der Waals surface area (Å²) in [7, 11) is -4.27. The van der Waals surface area contributed by atoms with Gasteiger partial charge in [-0.3, -0.25) is 4.18 Å². The van der Waals surface area contributed by atoms with Gasteiger partial charge in [-0.15, -0.1) is 0 Å². The molecule has 1 aliphatic rings. The minimum Gasteiger partial charge on any atom is -0.387 e. The van der Waals surface area contributed by atoms with Crippen molar-refractivity contribution in [2.24, 2.45) is 5.14 Å². The number of aliphatic hydroxyl groups excluding tert-OH is 2. The first-order chi connectivity index (χ1) is 14.6. The zero-order chi connectivity index (χ0) is 22.3. The molecule has 31 heavy (non-hydrogen) atoms. The van der Waals surface area contributed by atoms with Gasteiger partial charge in [0.15, 0.2) is 11.9 Å². The third-order valence-electron chi connectivity index (χ3n) is 4.49. The second kappa shape index (κ2) is 8.27. The molecule has 0 aliphatic carbocycles. The molecule has 0 radical (unpaired) electrons. The van der Waals surface area contributed by atoms with Crippen LogP contribution < -0.4 is 10.9 Å². The van der Waals surface area contributed by atoms with Gasteiger partial charge >= 0.3 is 10.3 Å². The van der Waals surface area contributed by atoms with Gasteiger partial charge in [-0.25, -0.2) is 24.2 Å². The molecule has 1 saturated heterocycles. The quantitative estimate of drug-likeness (QED) is 0.363. The van der Waals surface area contributed by atoms with Crippen molar-refractivity contribution in [2.75, 3.05) is 12.3 Å². The van der Waals surface area contributed by atoms with Crippen LogP contribution in [0.1, 0.15) is 6.23 Å². The van der Waals surface area contributed by atoms with Gasteiger partial charge in [-0.1, -0.05) is 11.8 Å². The summed E-state index contributed by atoms with van der Waals surface area (Å²) < 4.78 is 46.5. The van der Waals surface area contributed by atoms with Crippen molar-refractivity contribution >= 4 is 38.9 Å². The van der Waals surface area contributed by atoms with Crippen LogP contribution in [0.3, 0.4) is 0 Å². The summed E-state index contributed by atoms with van der Waals surface area (Å²) in [6.45, 7) is -0.610. The highest BCUT2D eigenvalue weighted by Crippen LogP contribution is 2.38. The maximum atomic E-state index is 13.2. The summed E-state index contributed by atoms with van der Waals surface area (Å²) in [5.41, 5.74) is 6.21. The first kappa shape index (κ1) is 21.8. The highest BCUT2D eigenvalue weighted by molar-refractivity contribution is 7.99. The first-order valence-corrected chi connectivity index (χ1v) is 11.0. The minimum absolute atomic E-state index is 0.114. The van der Waals surface area contributed by atoms with Gasteiger partial charge in [0.2, 0.25) is 0 Å². The molecule has 15 heteroatoms. The summed E-state index contributed by atoms with van der Waals surface area (Å²) in [5.74, 6) is -0.283. The van der Waals surface area contributed by atoms with E-state index in [9.17, 15) is 23.0 Å². The van der Waals surface area contributed by atoms with Gasteiger partial charge < -0.3 is 20.7 Å². The number of ether oxygens (including phenoxy) is 1. The Balaban J connectivity index is 1.69. The molecule has 2 aromatic heterocycles. The Morgan fingerprint density at radius 3 is 2.61 bits per heavy atom. The highest BCUT2D eigenvalue weighted by Gasteiger charge is 2.45. The summed E-state index contributed by atoms with van der Waals surface area (Å²) in [5, 5.41) is 30.6. The topological polar surface area (TPSA) is 189 Å². The Labute approximate surface area is 179 Å². The number of rotatable bonds is 6. The Morgan fingerprint density at radius 2 is 1.94 bits per heavy atom. The molecule has 4 atom stereocenters. The van der Waals surface area contributed by atoms with E-state index in [1.165, 1.54) is 23.1 Å². The fourth-order valence-electron chi connectivity index (χ4n) is 3.06. The van der Waals surface area contributed by atoms with Crippen LogP contribution in [0.5, 0.6) is 0 Å². The lowest BCUT2D eigenvalue weighted by Gasteiger charge is -2.15. The summed E-state index contributed by atoms with van der Waals surface area (Å²) in [6.07, 6.45) is -4.22. The number of nitrogen functional groups attached to an aromatic ring is 1. The standard InChI is InChI=1S/C16H17FN6O6S2/c17-7-1-3-8(4-2-7)30-15-10-13(18)20-6-21-14(10)23(22-15)16-12(25)11(24)9(29-16)5-28-31(19,26)27/h1-4,6,9,11-12,16,24-25H,5H2,(H2,18,20,21)(H2,19,26,27)/t9-,11-,12-,16-/m1/s1. The van der Waals surface area contributed by atoms with Gasteiger partial charge in [0.1, 0.15) is 41.3 Å². The van der Waals surface area contributed by atoms with Crippen LogP contribution in [0.15, 0.2) is 40.5 Å². The highest BCUT2D eigenvalue weighted by atomic mass is 32.2. The third-order valence-corrected chi connectivity index (χ3v) is 5.94. The van der Waals surface area contributed by atoms with Crippen molar-refractivity contribution in [3.63, 3.8) is 0 Å². The molecule has 3 heterocycles. The fourth-order valence-corrected chi connectivity index (χ4v) is 4.30. The summed E-state index contributed by atoms with van der Waals surface area (Å²) in [6, 6.07) is 5.68. The Kier molecular flexibility index (Phi) is 5.82. The van der Waals surface area contributed by atoms with Gasteiger partial charge in [0.25, 0.3) is 0 Å². The average molecular weight is 472 g/mol. The molecule has 1 aliphatic heterocycles. The molecule has 1 fully saturated rings. The average Bonchev–Trinajstić information content (AvgIpc) is 3.20. The maximum Gasteiger partial charge on any atom is 0.333 e. The van der Waals surface area contributed by atoms with E-state index >= 15 is 0 Å². The lowest BCUT2D eigenvalue weighted by molar-refractivity contribution is -0.0531. The fraction of sp³-hybridized carbons (Fsp3) is 0.312. The predicted molar refractivity (Wildman–Crippen MR) is 105 cm³/mol. The van der Waals surface area contributed by atoms with E-state index in [1.54, 1.807) is 12.1 Å². The number of nitrogens with two attached hydrogens (primary N) is 2. The van der Waals surface area contributed by atoms with Crippen LogP contribution in [0.25, 0.3) is 11.0 Å². The third kappa shape index (κ3) is 4.47. The first-order valence-electron chi connectivity index (χ1n) is 8.75. The number of anilines is 1. The predicted octanol–water partition coefficient (Wildman–Crippen LogP) is -0.462. The molecule has 0 amide bonds. The number of fused-ring (bicyclic) bond motifs is 1. The van der Waals surface area contributed by atoms with Gasteiger partial charge in [0.05, 0.1) is 12.0 Å². The molecular formula is C16H17FN6O6S2. The monoisotopic (exact) mass is 472 g/mol. The van der Waals surface area contributed by atoms with Crippen molar-refractivity contribution in [1.82, 2.24) is 19.7 Å². The van der Waals surface area contributed by atoms with E-state index in [-0.39, 0.29) is 11.5 Å². The second-order valence-corrected chi connectivity index (χ2v) is 8.87. The maximum absolute atomic E-state index is 13.2. The number of aromatic nitrogens is 4. The molecular weight excluding hydrogens is 455 g/mol. The lowest BCUT2D eigenvalue weighted by atomic mass is 10.1. The second-order valence-electron chi connectivity index (χ2n) is 6.59. The smallest absolute Gasteiger partial charge is 0.333 e.